The summed E-state index contributed by atoms with van der Waals surface area (Å²) in [6, 6.07) is 10.2. The first kappa shape index (κ1) is 21.9. The van der Waals surface area contributed by atoms with Crippen LogP contribution >= 0.6 is 0 Å². The van der Waals surface area contributed by atoms with Crippen LogP contribution in [0.15, 0.2) is 53.6 Å². The number of nitrogens with two attached hydrogens (primary N) is 1. The molecule has 3 rings (SSSR count). The number of carbonyl (C=O) groups excluding carboxylic acids is 3. The van der Waals surface area contributed by atoms with Crippen molar-refractivity contribution in [3.63, 3.8) is 0 Å². The average Bonchev–Trinajstić information content (AvgIpc) is 3.17. The van der Waals surface area contributed by atoms with Crippen LogP contribution in [0.1, 0.15) is 12.0 Å². The van der Waals surface area contributed by atoms with Gasteiger partial charge in [-0.3, -0.25) is 19.4 Å². The Labute approximate surface area is 177 Å². The fraction of sp³-hybridized carbons (Fsp3) is 0.238. The SMILES string of the molecule is NC(=O)C1CC(C(=O)NCCNC(=O)Cc2cccc(F)c2)=NN1c1ccc(F)cc1. The van der Waals surface area contributed by atoms with Crippen LogP contribution in [0.25, 0.3) is 0 Å². The van der Waals surface area contributed by atoms with Crippen LogP contribution < -0.4 is 21.4 Å². The second kappa shape index (κ2) is 9.79. The molecule has 0 radical (unpaired) electrons. The molecule has 4 N–H and O–H groups in total. The summed E-state index contributed by atoms with van der Waals surface area (Å²) in [7, 11) is 0. The number of anilines is 1. The summed E-state index contributed by atoms with van der Waals surface area (Å²) < 4.78 is 26.3. The van der Waals surface area contributed by atoms with Crippen molar-refractivity contribution in [2.24, 2.45) is 10.8 Å². The first-order valence-electron chi connectivity index (χ1n) is 9.54. The van der Waals surface area contributed by atoms with Gasteiger partial charge in [-0.2, -0.15) is 5.10 Å². The molecule has 0 fully saturated rings. The molecule has 1 heterocycles. The van der Waals surface area contributed by atoms with Crippen molar-refractivity contribution < 1.29 is 23.2 Å². The van der Waals surface area contributed by atoms with Crippen LogP contribution in [0.2, 0.25) is 0 Å². The molecule has 3 amide bonds. The van der Waals surface area contributed by atoms with Gasteiger partial charge >= 0.3 is 0 Å². The minimum Gasteiger partial charge on any atom is -0.368 e. The lowest BCUT2D eigenvalue weighted by Crippen LogP contribution is -2.40. The minimum atomic E-state index is -0.864. The first-order valence-corrected chi connectivity index (χ1v) is 9.54. The van der Waals surface area contributed by atoms with Crippen LogP contribution in [0.5, 0.6) is 0 Å². The molecule has 0 saturated carbocycles. The van der Waals surface area contributed by atoms with Crippen molar-refractivity contribution in [2.45, 2.75) is 18.9 Å². The predicted molar refractivity (Wildman–Crippen MR) is 110 cm³/mol. The van der Waals surface area contributed by atoms with Crippen molar-refractivity contribution >= 4 is 29.1 Å². The molecule has 0 aromatic heterocycles. The maximum absolute atomic E-state index is 13.2. The van der Waals surface area contributed by atoms with Gasteiger partial charge in [0.2, 0.25) is 11.8 Å². The van der Waals surface area contributed by atoms with E-state index in [4.69, 9.17) is 5.73 Å². The van der Waals surface area contributed by atoms with Gasteiger partial charge in [0.15, 0.2) is 0 Å². The van der Waals surface area contributed by atoms with E-state index in [2.05, 4.69) is 15.7 Å². The smallest absolute Gasteiger partial charge is 0.267 e. The molecule has 1 unspecified atom stereocenters. The van der Waals surface area contributed by atoms with Gasteiger partial charge in [-0.25, -0.2) is 8.78 Å². The van der Waals surface area contributed by atoms with Crippen LogP contribution in [-0.2, 0) is 20.8 Å². The highest BCUT2D eigenvalue weighted by Gasteiger charge is 2.34. The molecule has 10 heteroatoms. The van der Waals surface area contributed by atoms with Crippen molar-refractivity contribution in [1.82, 2.24) is 10.6 Å². The summed E-state index contributed by atoms with van der Waals surface area (Å²) in [6.45, 7) is 0.290. The zero-order valence-corrected chi connectivity index (χ0v) is 16.5. The van der Waals surface area contributed by atoms with Gasteiger partial charge in [-0.1, -0.05) is 12.1 Å². The molecule has 2 aromatic rings. The Hall–Kier alpha value is -3.82. The predicted octanol–water partition coefficient (Wildman–Crippen LogP) is 0.860. The number of benzene rings is 2. The number of nitrogens with one attached hydrogen (secondary N) is 2. The van der Waals surface area contributed by atoms with Gasteiger partial charge in [-0.05, 0) is 42.0 Å². The Kier molecular flexibility index (Phi) is 6.91. The standard InChI is InChI=1S/C21H21F2N5O3/c22-14-4-6-16(7-5-14)28-18(20(24)30)12-17(27-28)21(31)26-9-8-25-19(29)11-13-2-1-3-15(23)10-13/h1-7,10,18H,8-9,11-12H2,(H2,24,30)(H,25,29)(H,26,31). The Morgan fingerprint density at radius 3 is 2.42 bits per heavy atom. The number of hydrogen-bond donors (Lipinski definition) is 3. The quantitative estimate of drug-likeness (QED) is 0.540. The summed E-state index contributed by atoms with van der Waals surface area (Å²) in [4.78, 5) is 36.1. The summed E-state index contributed by atoms with van der Waals surface area (Å²) >= 11 is 0. The molecule has 31 heavy (non-hydrogen) atoms. The third-order valence-corrected chi connectivity index (χ3v) is 4.58. The number of carbonyl (C=O) groups is 3. The number of rotatable bonds is 8. The van der Waals surface area contributed by atoms with Gasteiger partial charge < -0.3 is 16.4 Å². The van der Waals surface area contributed by atoms with E-state index in [0.717, 1.165) is 0 Å². The van der Waals surface area contributed by atoms with E-state index in [1.54, 1.807) is 6.07 Å². The molecule has 0 bridgehead atoms. The number of amides is 3. The lowest BCUT2D eigenvalue weighted by atomic mass is 10.1. The minimum absolute atomic E-state index is 0.00444. The normalized spacial score (nSPS) is 15.4. The molecule has 0 spiro atoms. The molecule has 2 aromatic carbocycles. The molecule has 0 aliphatic carbocycles. The molecular formula is C21H21F2N5O3. The number of nitrogens with zero attached hydrogens (tertiary/aromatic N) is 2. The molecule has 0 saturated heterocycles. The molecule has 162 valence electrons. The summed E-state index contributed by atoms with van der Waals surface area (Å²) in [6.07, 6.45) is 0.0236. The molecule has 1 aliphatic rings. The number of primary amides is 1. The number of hydrazone groups is 1. The van der Waals surface area contributed by atoms with E-state index in [-0.39, 0.29) is 37.6 Å². The second-order valence-corrected chi connectivity index (χ2v) is 6.90. The number of hydrogen-bond acceptors (Lipinski definition) is 5. The van der Waals surface area contributed by atoms with Crippen molar-refractivity contribution in [1.29, 1.82) is 0 Å². The Morgan fingerprint density at radius 1 is 1.03 bits per heavy atom. The van der Waals surface area contributed by atoms with Gasteiger partial charge in [0.25, 0.3) is 5.91 Å². The average molecular weight is 429 g/mol. The largest absolute Gasteiger partial charge is 0.368 e. The molecule has 8 nitrogen and oxygen atoms in total. The van der Waals surface area contributed by atoms with Crippen LogP contribution in [-0.4, -0.2) is 42.6 Å². The molecular weight excluding hydrogens is 408 g/mol. The highest BCUT2D eigenvalue weighted by molar-refractivity contribution is 6.40. The van der Waals surface area contributed by atoms with E-state index in [0.29, 0.717) is 11.3 Å². The highest BCUT2D eigenvalue weighted by Crippen LogP contribution is 2.24. The highest BCUT2D eigenvalue weighted by atomic mass is 19.1. The Bertz CT molecular complexity index is 1010. The topological polar surface area (TPSA) is 117 Å². The Balaban J connectivity index is 1.50. The zero-order chi connectivity index (χ0) is 22.4. The monoisotopic (exact) mass is 429 g/mol. The molecule has 1 aliphatic heterocycles. The van der Waals surface area contributed by atoms with E-state index < -0.39 is 29.5 Å². The van der Waals surface area contributed by atoms with Gasteiger partial charge in [0.05, 0.1) is 12.1 Å². The third-order valence-electron chi connectivity index (χ3n) is 4.58. The Morgan fingerprint density at radius 2 is 1.74 bits per heavy atom. The zero-order valence-electron chi connectivity index (χ0n) is 16.5. The van der Waals surface area contributed by atoms with Crippen molar-refractivity contribution in [3.05, 3.63) is 65.7 Å². The van der Waals surface area contributed by atoms with Gasteiger partial charge in [0.1, 0.15) is 23.4 Å². The lowest BCUT2D eigenvalue weighted by Gasteiger charge is -2.20. The number of halogens is 2. The van der Waals surface area contributed by atoms with Crippen molar-refractivity contribution in [3.8, 4) is 0 Å². The van der Waals surface area contributed by atoms with E-state index in [9.17, 15) is 23.2 Å². The molecule has 1 atom stereocenters. The van der Waals surface area contributed by atoms with Crippen LogP contribution in [0.3, 0.4) is 0 Å². The van der Waals surface area contributed by atoms with Crippen LogP contribution in [0, 0.1) is 11.6 Å². The van der Waals surface area contributed by atoms with Crippen molar-refractivity contribution in [2.75, 3.05) is 18.1 Å². The summed E-state index contributed by atoms with van der Waals surface area (Å²) in [5.41, 5.74) is 6.48. The fourth-order valence-corrected chi connectivity index (χ4v) is 3.08. The first-order chi connectivity index (χ1) is 14.8. The van der Waals surface area contributed by atoms with E-state index in [1.807, 2.05) is 0 Å². The maximum atomic E-state index is 13.2. The summed E-state index contributed by atoms with van der Waals surface area (Å²) in [5.74, 6) is -2.34. The van der Waals surface area contributed by atoms with Gasteiger partial charge in [-0.15, -0.1) is 0 Å². The van der Waals surface area contributed by atoms with E-state index >= 15 is 0 Å². The fourth-order valence-electron chi connectivity index (χ4n) is 3.08. The maximum Gasteiger partial charge on any atom is 0.267 e. The summed E-state index contributed by atoms with van der Waals surface area (Å²) in [5, 5.41) is 10.7. The second-order valence-electron chi connectivity index (χ2n) is 6.90. The van der Waals surface area contributed by atoms with E-state index in [1.165, 1.54) is 47.5 Å². The van der Waals surface area contributed by atoms with Crippen LogP contribution in [0.4, 0.5) is 14.5 Å². The third kappa shape index (κ3) is 5.84. The lowest BCUT2D eigenvalue weighted by molar-refractivity contribution is -0.121. The van der Waals surface area contributed by atoms with Gasteiger partial charge in [0, 0.05) is 19.5 Å².